The summed E-state index contributed by atoms with van der Waals surface area (Å²) in [6.45, 7) is 3.33. The molecule has 0 unspecified atom stereocenters. The third-order valence-electron chi connectivity index (χ3n) is 7.51. The summed E-state index contributed by atoms with van der Waals surface area (Å²) < 4.78 is 0. The molecule has 2 aliphatic rings. The summed E-state index contributed by atoms with van der Waals surface area (Å²) in [7, 11) is -1.75. The molecule has 2 aromatic rings. The van der Waals surface area contributed by atoms with Gasteiger partial charge in [0.2, 0.25) is 11.8 Å². The quantitative estimate of drug-likeness (QED) is 0.197. The molecule has 1 heterocycles. The number of phenolic OH excluding ortho intramolecular Hbond substituents is 1. The van der Waals surface area contributed by atoms with Crippen molar-refractivity contribution in [2.45, 2.75) is 39.2 Å². The maximum Gasteiger partial charge on any atom is 0.488 e. The van der Waals surface area contributed by atoms with Gasteiger partial charge in [-0.25, -0.2) is 0 Å². The average Bonchev–Trinajstić information content (AvgIpc) is 3.12. The Morgan fingerprint density at radius 2 is 1.92 bits per heavy atom. The van der Waals surface area contributed by atoms with Crippen LogP contribution < -0.4 is 10.4 Å². The normalized spacial score (nSPS) is 22.7. The van der Waals surface area contributed by atoms with E-state index in [1.165, 1.54) is 24.3 Å². The lowest BCUT2D eigenvalue weighted by atomic mass is 9.68. The van der Waals surface area contributed by atoms with E-state index in [2.05, 4.69) is 0 Å². The van der Waals surface area contributed by atoms with Crippen LogP contribution in [-0.2, 0) is 9.59 Å². The van der Waals surface area contributed by atoms with Crippen LogP contribution in [0.15, 0.2) is 59.2 Å². The van der Waals surface area contributed by atoms with Crippen molar-refractivity contribution in [2.24, 2.45) is 17.8 Å². The Balaban J connectivity index is 1.54. The SMILES string of the molecule is CC1=C([C@H](O)CC/C(C)=C/c2ccc(O)cc2Cl)[C@H](CO)[C@@H]2C(=O)N(c3cccc(B(O)O)c3)C(=O)[C@@H]2C1. The second-order valence-corrected chi connectivity index (χ2v) is 10.5. The number of aliphatic hydroxyl groups excluding tert-OH is 2. The fraction of sp³-hybridized carbons (Fsp3) is 0.357. The number of anilines is 1. The molecular weight excluding hydrogens is 509 g/mol. The number of halogens is 1. The number of phenols is 1. The van der Waals surface area contributed by atoms with E-state index in [9.17, 15) is 35.0 Å². The first-order valence-electron chi connectivity index (χ1n) is 12.5. The molecule has 2 amide bonds. The second-order valence-electron chi connectivity index (χ2n) is 10.1. The maximum absolute atomic E-state index is 13.5. The highest BCUT2D eigenvalue weighted by Crippen LogP contribution is 2.47. The zero-order chi connectivity index (χ0) is 27.7. The Kier molecular flexibility index (Phi) is 8.44. The number of allylic oxidation sites excluding steroid dienone is 2. The number of aliphatic hydroxyl groups is 2. The van der Waals surface area contributed by atoms with Gasteiger partial charge in [-0.15, -0.1) is 0 Å². The molecule has 1 saturated heterocycles. The molecule has 1 fully saturated rings. The fourth-order valence-electron chi connectivity index (χ4n) is 5.69. The number of rotatable bonds is 8. The van der Waals surface area contributed by atoms with E-state index in [1.807, 2.05) is 19.9 Å². The van der Waals surface area contributed by atoms with Gasteiger partial charge in [0.05, 0.1) is 35.3 Å². The van der Waals surface area contributed by atoms with Crippen LogP contribution in [0.1, 0.15) is 38.7 Å². The Hall–Kier alpha value is -2.95. The highest BCUT2D eigenvalue weighted by molar-refractivity contribution is 6.58. The van der Waals surface area contributed by atoms with Gasteiger partial charge in [-0.2, -0.15) is 0 Å². The first-order chi connectivity index (χ1) is 18.0. The summed E-state index contributed by atoms with van der Waals surface area (Å²) in [5, 5.41) is 50.5. The van der Waals surface area contributed by atoms with Crippen LogP contribution in [0.4, 0.5) is 5.69 Å². The van der Waals surface area contributed by atoms with Crippen molar-refractivity contribution < 1.29 is 35.0 Å². The highest BCUT2D eigenvalue weighted by atomic mass is 35.5. The van der Waals surface area contributed by atoms with Gasteiger partial charge in [-0.1, -0.05) is 41.0 Å². The Morgan fingerprint density at radius 3 is 2.58 bits per heavy atom. The lowest BCUT2D eigenvalue weighted by molar-refractivity contribution is -0.123. The zero-order valence-electron chi connectivity index (χ0n) is 21.2. The van der Waals surface area contributed by atoms with Crippen molar-refractivity contribution in [2.75, 3.05) is 11.5 Å². The minimum Gasteiger partial charge on any atom is -0.508 e. The minimum atomic E-state index is -1.75. The average molecular weight is 540 g/mol. The number of fused-ring (bicyclic) bond motifs is 1. The van der Waals surface area contributed by atoms with E-state index in [0.717, 1.165) is 21.6 Å². The molecule has 0 spiro atoms. The van der Waals surface area contributed by atoms with Gasteiger partial charge >= 0.3 is 7.12 Å². The van der Waals surface area contributed by atoms with Crippen molar-refractivity contribution in [3.8, 4) is 5.75 Å². The molecule has 1 aliphatic heterocycles. The molecule has 4 atom stereocenters. The van der Waals surface area contributed by atoms with Gasteiger partial charge in [-0.05, 0) is 80.0 Å². The van der Waals surface area contributed by atoms with Gasteiger partial charge in [0.1, 0.15) is 5.75 Å². The minimum absolute atomic E-state index is 0.0745. The van der Waals surface area contributed by atoms with Gasteiger partial charge in [-0.3, -0.25) is 14.5 Å². The number of benzene rings is 2. The predicted molar refractivity (Wildman–Crippen MR) is 146 cm³/mol. The van der Waals surface area contributed by atoms with Crippen LogP contribution in [0.25, 0.3) is 6.08 Å². The topological polar surface area (TPSA) is 139 Å². The lowest BCUT2D eigenvalue weighted by Crippen LogP contribution is -2.39. The van der Waals surface area contributed by atoms with Crippen LogP contribution in [-0.4, -0.2) is 57.0 Å². The van der Waals surface area contributed by atoms with Gasteiger partial charge in [0.15, 0.2) is 0 Å². The molecule has 8 nitrogen and oxygen atoms in total. The summed E-state index contributed by atoms with van der Waals surface area (Å²) in [5.74, 6) is -3.01. The van der Waals surface area contributed by atoms with E-state index in [0.29, 0.717) is 23.4 Å². The van der Waals surface area contributed by atoms with Gasteiger partial charge in [0, 0.05) is 5.92 Å². The summed E-state index contributed by atoms with van der Waals surface area (Å²) >= 11 is 6.19. The number of carbonyl (C=O) groups is 2. The number of carbonyl (C=O) groups excluding carboxylic acids is 2. The zero-order valence-corrected chi connectivity index (χ0v) is 22.0. The molecule has 4 rings (SSSR count). The molecule has 1 aliphatic carbocycles. The summed E-state index contributed by atoms with van der Waals surface area (Å²) in [4.78, 5) is 27.9. The Morgan fingerprint density at radius 1 is 1.18 bits per heavy atom. The monoisotopic (exact) mass is 539 g/mol. The van der Waals surface area contributed by atoms with E-state index in [4.69, 9.17) is 11.6 Å². The Bertz CT molecular complexity index is 1310. The van der Waals surface area contributed by atoms with E-state index in [-0.39, 0.29) is 23.3 Å². The number of hydrogen-bond acceptors (Lipinski definition) is 7. The number of nitrogens with zero attached hydrogens (tertiary/aromatic N) is 1. The predicted octanol–water partition coefficient (Wildman–Crippen LogP) is 2.40. The molecule has 5 N–H and O–H groups in total. The van der Waals surface area contributed by atoms with Crippen molar-refractivity contribution in [1.29, 1.82) is 0 Å². The van der Waals surface area contributed by atoms with Crippen LogP contribution in [0.5, 0.6) is 5.75 Å². The number of hydrogen-bond donors (Lipinski definition) is 5. The third kappa shape index (κ3) is 5.43. The molecule has 2 aromatic carbocycles. The first kappa shape index (κ1) is 28.1. The van der Waals surface area contributed by atoms with Crippen LogP contribution in [0.3, 0.4) is 0 Å². The summed E-state index contributed by atoms with van der Waals surface area (Å²) in [6, 6.07) is 10.7. The first-order valence-corrected chi connectivity index (χ1v) is 12.9. The smallest absolute Gasteiger partial charge is 0.488 e. The van der Waals surface area contributed by atoms with Crippen molar-refractivity contribution in [3.05, 3.63) is 69.8 Å². The standard InChI is InChI=1S/C28H31BClNO7/c1-15(10-17-7-8-20(33)13-23(17)30)6-9-24(34)25-16(2)11-21-26(22(25)14-32)28(36)31(27(21)35)19-5-3-4-18(12-19)29(37)38/h3-5,7-8,10,12-13,21-22,24,26,32-34,37-38H,6,9,11,14H2,1-2H3/b15-10+/t21-,22+,24-,26-/m1/s1. The maximum atomic E-state index is 13.5. The second kappa shape index (κ2) is 11.4. The van der Waals surface area contributed by atoms with Crippen LogP contribution in [0, 0.1) is 17.8 Å². The molecular formula is C28H31BClNO7. The van der Waals surface area contributed by atoms with E-state index in [1.54, 1.807) is 18.2 Å². The fourth-order valence-corrected chi connectivity index (χ4v) is 5.92. The van der Waals surface area contributed by atoms with Crippen LogP contribution in [0.2, 0.25) is 5.02 Å². The molecule has 200 valence electrons. The highest BCUT2D eigenvalue weighted by Gasteiger charge is 2.54. The van der Waals surface area contributed by atoms with Crippen molar-refractivity contribution in [1.82, 2.24) is 0 Å². The van der Waals surface area contributed by atoms with Gasteiger partial charge < -0.3 is 25.4 Å². The molecule has 38 heavy (non-hydrogen) atoms. The third-order valence-corrected chi connectivity index (χ3v) is 7.84. The van der Waals surface area contributed by atoms with Crippen LogP contribution >= 0.6 is 11.6 Å². The van der Waals surface area contributed by atoms with E-state index < -0.39 is 49.4 Å². The number of imide groups is 1. The molecule has 0 radical (unpaired) electrons. The van der Waals surface area contributed by atoms with E-state index >= 15 is 0 Å². The number of aromatic hydroxyl groups is 1. The summed E-state index contributed by atoms with van der Waals surface area (Å²) in [6.07, 6.45) is 2.12. The lowest BCUT2D eigenvalue weighted by Gasteiger charge is -2.35. The molecule has 10 heteroatoms. The van der Waals surface area contributed by atoms with Crippen molar-refractivity contribution in [3.63, 3.8) is 0 Å². The Labute approximate surface area is 226 Å². The molecule has 0 bridgehead atoms. The largest absolute Gasteiger partial charge is 0.508 e. The van der Waals surface area contributed by atoms with Gasteiger partial charge in [0.25, 0.3) is 0 Å². The summed E-state index contributed by atoms with van der Waals surface area (Å²) in [5.41, 5.74) is 3.46. The molecule has 0 aromatic heterocycles. The molecule has 0 saturated carbocycles. The number of amides is 2. The van der Waals surface area contributed by atoms with Crippen molar-refractivity contribution >= 4 is 47.8 Å².